The van der Waals surface area contributed by atoms with Crippen molar-refractivity contribution in [3.8, 4) is 0 Å². The summed E-state index contributed by atoms with van der Waals surface area (Å²) in [6.45, 7) is 6.26. The van der Waals surface area contributed by atoms with Crippen molar-refractivity contribution in [2.45, 2.75) is 38.8 Å². The van der Waals surface area contributed by atoms with Gasteiger partial charge in [-0.15, -0.1) is 10.2 Å². The molecular weight excluding hydrogens is 198 g/mol. The minimum absolute atomic E-state index is 0.100. The molecule has 1 aromatic heterocycles. The minimum atomic E-state index is -0.100. The number of rotatable bonds is 5. The van der Waals surface area contributed by atoms with Crippen LogP contribution in [0.15, 0.2) is 5.51 Å². The van der Waals surface area contributed by atoms with E-state index in [0.29, 0.717) is 6.04 Å². The average Bonchev–Trinajstić information content (AvgIpc) is 2.55. The quantitative estimate of drug-likeness (QED) is 0.817. The van der Waals surface area contributed by atoms with Gasteiger partial charge >= 0.3 is 0 Å². The van der Waals surface area contributed by atoms with Gasteiger partial charge in [-0.2, -0.15) is 0 Å². The Hall–Kier alpha value is -0.680. The maximum atomic E-state index is 5.35. The summed E-state index contributed by atoms with van der Waals surface area (Å²) in [7, 11) is 1.73. The number of nitrogens with zero attached hydrogens (tertiary/aromatic N) is 2. The highest BCUT2D eigenvalue weighted by Crippen LogP contribution is 2.18. The second-order valence-electron chi connectivity index (χ2n) is 3.96. The van der Waals surface area contributed by atoms with Crippen LogP contribution in [0.1, 0.15) is 27.2 Å². The van der Waals surface area contributed by atoms with E-state index in [1.54, 1.807) is 12.6 Å². The van der Waals surface area contributed by atoms with E-state index >= 15 is 0 Å². The molecule has 0 radical (unpaired) electrons. The largest absolute Gasteiger partial charge is 0.379 e. The van der Waals surface area contributed by atoms with E-state index in [0.717, 1.165) is 11.6 Å². The fourth-order valence-corrected chi connectivity index (χ4v) is 1.88. The molecule has 80 valence electrons. The molecule has 0 amide bonds. The Kier molecular flexibility index (Phi) is 3.83. The molecule has 0 saturated carbocycles. The van der Waals surface area contributed by atoms with E-state index in [2.05, 4.69) is 36.3 Å². The Morgan fingerprint density at radius 1 is 1.64 bits per heavy atom. The summed E-state index contributed by atoms with van der Waals surface area (Å²) in [6, 6.07) is 0.331. The zero-order valence-electron chi connectivity index (χ0n) is 9.07. The van der Waals surface area contributed by atoms with Crippen LogP contribution in [0.25, 0.3) is 0 Å². The molecule has 0 bridgehead atoms. The van der Waals surface area contributed by atoms with Gasteiger partial charge in [0.05, 0.1) is 5.60 Å². The molecular formula is C9H17N3OS. The number of hydrogen-bond acceptors (Lipinski definition) is 5. The average molecular weight is 215 g/mol. The van der Waals surface area contributed by atoms with Gasteiger partial charge in [0.25, 0.3) is 0 Å². The van der Waals surface area contributed by atoms with Crippen LogP contribution in [0.5, 0.6) is 0 Å². The van der Waals surface area contributed by atoms with Gasteiger partial charge in [0.15, 0.2) is 0 Å². The molecule has 1 aromatic rings. The molecule has 1 N–H and O–H groups in total. The van der Waals surface area contributed by atoms with Crippen LogP contribution in [0, 0.1) is 0 Å². The molecule has 0 spiro atoms. The molecule has 1 unspecified atom stereocenters. The Balaban J connectivity index is 2.40. The van der Waals surface area contributed by atoms with Crippen molar-refractivity contribution < 1.29 is 4.74 Å². The predicted octanol–water partition coefficient (Wildman–Crippen LogP) is 2.15. The van der Waals surface area contributed by atoms with Gasteiger partial charge in [0, 0.05) is 13.2 Å². The molecule has 1 rings (SSSR count). The number of hydrogen-bond donors (Lipinski definition) is 1. The maximum absolute atomic E-state index is 5.35. The van der Waals surface area contributed by atoms with Crippen LogP contribution in [0.2, 0.25) is 0 Å². The van der Waals surface area contributed by atoms with E-state index in [1.165, 1.54) is 11.3 Å². The molecule has 4 nitrogen and oxygen atoms in total. The molecule has 0 aromatic carbocycles. The van der Waals surface area contributed by atoms with Gasteiger partial charge < -0.3 is 10.1 Å². The zero-order valence-corrected chi connectivity index (χ0v) is 9.89. The third-order valence-corrected chi connectivity index (χ3v) is 2.70. The lowest BCUT2D eigenvalue weighted by Gasteiger charge is -2.26. The molecule has 0 aliphatic carbocycles. The standard InChI is InChI=1S/C9H17N3OS/c1-7(5-9(2,3)13-4)11-8-12-10-6-14-8/h6-7H,5H2,1-4H3,(H,11,12). The Morgan fingerprint density at radius 2 is 2.36 bits per heavy atom. The second-order valence-corrected chi connectivity index (χ2v) is 4.79. The van der Waals surface area contributed by atoms with Crippen molar-refractivity contribution in [2.24, 2.45) is 0 Å². The van der Waals surface area contributed by atoms with E-state index in [1.807, 2.05) is 0 Å². The monoisotopic (exact) mass is 215 g/mol. The van der Waals surface area contributed by atoms with Crippen LogP contribution in [0.4, 0.5) is 5.13 Å². The molecule has 14 heavy (non-hydrogen) atoms. The normalized spacial score (nSPS) is 14.0. The van der Waals surface area contributed by atoms with E-state index in [4.69, 9.17) is 4.74 Å². The Labute approximate surface area is 88.7 Å². The lowest BCUT2D eigenvalue weighted by Crippen LogP contribution is -2.31. The van der Waals surface area contributed by atoms with Crippen LogP contribution < -0.4 is 5.32 Å². The SMILES string of the molecule is COC(C)(C)CC(C)Nc1nncs1. The highest BCUT2D eigenvalue weighted by Gasteiger charge is 2.20. The topological polar surface area (TPSA) is 47.0 Å². The van der Waals surface area contributed by atoms with Crippen molar-refractivity contribution in [2.75, 3.05) is 12.4 Å². The lowest BCUT2D eigenvalue weighted by atomic mass is 10.0. The summed E-state index contributed by atoms with van der Waals surface area (Å²) in [6.07, 6.45) is 0.934. The zero-order chi connectivity index (χ0) is 10.6. The highest BCUT2D eigenvalue weighted by atomic mass is 32.1. The first-order chi connectivity index (χ1) is 6.53. The predicted molar refractivity (Wildman–Crippen MR) is 58.7 cm³/mol. The summed E-state index contributed by atoms with van der Waals surface area (Å²) >= 11 is 1.51. The first kappa shape index (κ1) is 11.4. The van der Waals surface area contributed by atoms with Crippen LogP contribution in [-0.2, 0) is 4.74 Å². The lowest BCUT2D eigenvalue weighted by molar-refractivity contribution is 0.0128. The van der Waals surface area contributed by atoms with Crippen molar-refractivity contribution in [1.82, 2.24) is 10.2 Å². The van der Waals surface area contributed by atoms with E-state index in [9.17, 15) is 0 Å². The number of aromatic nitrogens is 2. The van der Waals surface area contributed by atoms with Crippen molar-refractivity contribution in [3.63, 3.8) is 0 Å². The number of nitrogens with one attached hydrogen (secondary N) is 1. The molecule has 0 fully saturated rings. The molecule has 0 aliphatic heterocycles. The van der Waals surface area contributed by atoms with Gasteiger partial charge in [0.1, 0.15) is 5.51 Å². The van der Waals surface area contributed by atoms with Crippen molar-refractivity contribution in [3.05, 3.63) is 5.51 Å². The molecule has 1 atom stereocenters. The van der Waals surface area contributed by atoms with Crippen molar-refractivity contribution in [1.29, 1.82) is 0 Å². The summed E-state index contributed by atoms with van der Waals surface area (Å²) in [5, 5.41) is 11.8. The maximum Gasteiger partial charge on any atom is 0.205 e. The summed E-state index contributed by atoms with van der Waals surface area (Å²) in [5.74, 6) is 0. The summed E-state index contributed by atoms with van der Waals surface area (Å²) in [5.41, 5.74) is 1.62. The van der Waals surface area contributed by atoms with Gasteiger partial charge in [0.2, 0.25) is 5.13 Å². The Bertz CT molecular complexity index is 261. The highest BCUT2D eigenvalue weighted by molar-refractivity contribution is 7.13. The molecule has 0 aliphatic rings. The van der Waals surface area contributed by atoms with Gasteiger partial charge in [-0.25, -0.2) is 0 Å². The Morgan fingerprint density at radius 3 is 2.86 bits per heavy atom. The molecule has 5 heteroatoms. The van der Waals surface area contributed by atoms with Gasteiger partial charge in [-0.3, -0.25) is 0 Å². The minimum Gasteiger partial charge on any atom is -0.379 e. The van der Waals surface area contributed by atoms with Gasteiger partial charge in [-0.1, -0.05) is 11.3 Å². The number of ether oxygens (including phenoxy) is 1. The smallest absolute Gasteiger partial charge is 0.205 e. The third-order valence-electron chi connectivity index (χ3n) is 2.08. The first-order valence-corrected chi connectivity index (χ1v) is 5.49. The van der Waals surface area contributed by atoms with Crippen LogP contribution >= 0.6 is 11.3 Å². The first-order valence-electron chi connectivity index (χ1n) is 4.61. The summed E-state index contributed by atoms with van der Waals surface area (Å²) in [4.78, 5) is 0. The molecule has 0 saturated heterocycles. The van der Waals surface area contributed by atoms with Crippen LogP contribution in [-0.4, -0.2) is 29.0 Å². The fourth-order valence-electron chi connectivity index (χ4n) is 1.32. The fraction of sp³-hybridized carbons (Fsp3) is 0.778. The van der Waals surface area contributed by atoms with Crippen molar-refractivity contribution >= 4 is 16.5 Å². The van der Waals surface area contributed by atoms with Crippen LogP contribution in [0.3, 0.4) is 0 Å². The number of anilines is 1. The summed E-state index contributed by atoms with van der Waals surface area (Å²) < 4.78 is 5.35. The molecule has 1 heterocycles. The third kappa shape index (κ3) is 3.59. The van der Waals surface area contributed by atoms with E-state index in [-0.39, 0.29) is 5.60 Å². The van der Waals surface area contributed by atoms with Gasteiger partial charge in [-0.05, 0) is 27.2 Å². The van der Waals surface area contributed by atoms with E-state index < -0.39 is 0 Å². The number of methoxy groups -OCH3 is 1. The second kappa shape index (κ2) is 4.70.